The van der Waals surface area contributed by atoms with Gasteiger partial charge in [-0.1, -0.05) is 6.07 Å². The molecule has 0 unspecified atom stereocenters. The number of imidazole rings is 1. The lowest BCUT2D eigenvalue weighted by atomic mass is 10.3. The molecule has 5 nitrogen and oxygen atoms in total. The quantitative estimate of drug-likeness (QED) is 0.470. The predicted molar refractivity (Wildman–Crippen MR) is 99.2 cm³/mol. The van der Waals surface area contributed by atoms with Crippen molar-refractivity contribution in [2.24, 2.45) is 0 Å². The van der Waals surface area contributed by atoms with E-state index in [0.29, 0.717) is 5.78 Å². The number of nitrogens with one attached hydrogen (secondary N) is 1. The minimum atomic E-state index is 0.665. The van der Waals surface area contributed by atoms with Crippen molar-refractivity contribution in [3.05, 3.63) is 57.2 Å². The van der Waals surface area contributed by atoms with Gasteiger partial charge in [-0.3, -0.25) is 4.40 Å². The summed E-state index contributed by atoms with van der Waals surface area (Å²) in [7, 11) is 0. The van der Waals surface area contributed by atoms with Gasteiger partial charge in [-0.2, -0.15) is 0 Å². The molecule has 114 valence electrons. The number of hydrogen-bond donors (Lipinski definition) is 1. The predicted octanol–water partition coefficient (Wildman–Crippen LogP) is 5.12. The minimum Gasteiger partial charge on any atom is -0.330 e. The molecular formula is C15H9Br2N5S. The van der Waals surface area contributed by atoms with Crippen molar-refractivity contribution in [2.45, 2.75) is 0 Å². The van der Waals surface area contributed by atoms with Crippen molar-refractivity contribution < 1.29 is 0 Å². The standard InChI is InChI=1S/C15H9Br2N5S/c16-9-3-1-4-10(17)13(9)21-15-20-11(8-23-15)12-7-19-14-18-5-2-6-22(12)14/h1-8H,(H,20,21). The first kappa shape index (κ1) is 14.8. The highest BCUT2D eigenvalue weighted by molar-refractivity contribution is 9.11. The van der Waals surface area contributed by atoms with Crippen molar-refractivity contribution in [1.29, 1.82) is 0 Å². The molecule has 0 amide bonds. The van der Waals surface area contributed by atoms with E-state index in [9.17, 15) is 0 Å². The number of hydrogen-bond acceptors (Lipinski definition) is 5. The van der Waals surface area contributed by atoms with Crippen molar-refractivity contribution in [3.63, 3.8) is 0 Å². The van der Waals surface area contributed by atoms with E-state index in [1.54, 1.807) is 23.7 Å². The Labute approximate surface area is 152 Å². The van der Waals surface area contributed by atoms with Crippen LogP contribution in [0.2, 0.25) is 0 Å². The fraction of sp³-hybridized carbons (Fsp3) is 0. The van der Waals surface area contributed by atoms with Crippen LogP contribution >= 0.6 is 43.2 Å². The van der Waals surface area contributed by atoms with Crippen LogP contribution in [0.1, 0.15) is 0 Å². The number of rotatable bonds is 3. The molecule has 0 aliphatic rings. The van der Waals surface area contributed by atoms with Crippen molar-refractivity contribution in [3.8, 4) is 11.4 Å². The largest absolute Gasteiger partial charge is 0.330 e. The fourth-order valence-electron chi connectivity index (χ4n) is 2.19. The van der Waals surface area contributed by atoms with Crippen LogP contribution < -0.4 is 5.32 Å². The van der Waals surface area contributed by atoms with Crippen LogP contribution in [-0.4, -0.2) is 19.4 Å². The molecule has 1 aromatic carbocycles. The molecule has 4 rings (SSSR count). The molecule has 0 bridgehead atoms. The molecule has 0 saturated heterocycles. The number of nitrogens with zero attached hydrogens (tertiary/aromatic N) is 4. The average Bonchev–Trinajstić information content (AvgIpc) is 3.17. The lowest BCUT2D eigenvalue weighted by Gasteiger charge is -2.07. The highest BCUT2D eigenvalue weighted by Gasteiger charge is 2.12. The zero-order valence-electron chi connectivity index (χ0n) is 11.6. The average molecular weight is 451 g/mol. The Kier molecular flexibility index (Phi) is 3.88. The fourth-order valence-corrected chi connectivity index (χ4v) is 4.10. The summed E-state index contributed by atoms with van der Waals surface area (Å²) in [4.78, 5) is 13.2. The van der Waals surface area contributed by atoms with Gasteiger partial charge < -0.3 is 5.32 Å². The molecule has 23 heavy (non-hydrogen) atoms. The molecule has 0 atom stereocenters. The van der Waals surface area contributed by atoms with Crippen LogP contribution in [0.5, 0.6) is 0 Å². The van der Waals surface area contributed by atoms with Gasteiger partial charge in [0.1, 0.15) is 5.69 Å². The van der Waals surface area contributed by atoms with Crippen LogP contribution in [0.3, 0.4) is 0 Å². The van der Waals surface area contributed by atoms with Gasteiger partial charge in [-0.05, 0) is 50.1 Å². The third-order valence-corrected chi connectivity index (χ3v) is 5.33. The first-order valence-corrected chi connectivity index (χ1v) is 9.14. The zero-order valence-corrected chi connectivity index (χ0v) is 15.6. The number of fused-ring (bicyclic) bond motifs is 1. The summed E-state index contributed by atoms with van der Waals surface area (Å²) in [6, 6.07) is 7.81. The topological polar surface area (TPSA) is 55.1 Å². The summed E-state index contributed by atoms with van der Waals surface area (Å²) in [6.45, 7) is 0. The van der Waals surface area contributed by atoms with Gasteiger partial charge in [0.15, 0.2) is 5.13 Å². The molecule has 0 fully saturated rings. The molecule has 0 aliphatic carbocycles. The van der Waals surface area contributed by atoms with Crippen LogP contribution in [0.4, 0.5) is 10.8 Å². The molecule has 3 aromatic heterocycles. The van der Waals surface area contributed by atoms with E-state index in [2.05, 4.69) is 52.1 Å². The number of halogens is 2. The lowest BCUT2D eigenvalue weighted by molar-refractivity contribution is 1.11. The number of aromatic nitrogens is 4. The molecular weight excluding hydrogens is 442 g/mol. The van der Waals surface area contributed by atoms with Crippen molar-refractivity contribution in [1.82, 2.24) is 19.4 Å². The number of benzene rings is 1. The minimum absolute atomic E-state index is 0.665. The van der Waals surface area contributed by atoms with Crippen LogP contribution in [0.15, 0.2) is 57.2 Å². The van der Waals surface area contributed by atoms with Crippen LogP contribution in [0, 0.1) is 0 Å². The molecule has 1 N–H and O–H groups in total. The van der Waals surface area contributed by atoms with E-state index < -0.39 is 0 Å². The number of para-hydroxylation sites is 1. The van der Waals surface area contributed by atoms with E-state index in [1.807, 2.05) is 40.2 Å². The molecule has 4 aromatic rings. The molecule has 0 saturated carbocycles. The van der Waals surface area contributed by atoms with E-state index >= 15 is 0 Å². The van der Waals surface area contributed by atoms with Gasteiger partial charge in [0.25, 0.3) is 0 Å². The van der Waals surface area contributed by atoms with Gasteiger partial charge in [0.2, 0.25) is 5.78 Å². The van der Waals surface area contributed by atoms with Crippen molar-refractivity contribution in [2.75, 3.05) is 5.32 Å². The van der Waals surface area contributed by atoms with Gasteiger partial charge in [0.05, 0.1) is 17.6 Å². The van der Waals surface area contributed by atoms with E-state index in [0.717, 1.165) is 31.2 Å². The maximum Gasteiger partial charge on any atom is 0.234 e. The SMILES string of the molecule is Brc1cccc(Br)c1Nc1nc(-c2cnc3ncccn23)cs1. The van der Waals surface area contributed by atoms with E-state index in [-0.39, 0.29) is 0 Å². The highest BCUT2D eigenvalue weighted by Crippen LogP contribution is 2.35. The molecule has 8 heteroatoms. The Morgan fingerprint density at radius 3 is 2.74 bits per heavy atom. The lowest BCUT2D eigenvalue weighted by Crippen LogP contribution is -1.93. The van der Waals surface area contributed by atoms with Crippen LogP contribution in [-0.2, 0) is 0 Å². The Morgan fingerprint density at radius 1 is 1.09 bits per heavy atom. The summed E-state index contributed by atoms with van der Waals surface area (Å²) in [5.74, 6) is 0.665. The maximum atomic E-state index is 4.66. The van der Waals surface area contributed by atoms with Crippen LogP contribution in [0.25, 0.3) is 17.2 Å². The summed E-state index contributed by atoms with van der Waals surface area (Å²) < 4.78 is 3.87. The number of thiazole rings is 1. The molecule has 3 heterocycles. The molecule has 0 radical (unpaired) electrons. The Bertz CT molecular complexity index is 974. The van der Waals surface area contributed by atoms with E-state index in [1.165, 1.54) is 0 Å². The molecule has 0 aliphatic heterocycles. The summed E-state index contributed by atoms with van der Waals surface area (Å²) in [5.41, 5.74) is 2.73. The Morgan fingerprint density at radius 2 is 1.91 bits per heavy atom. The summed E-state index contributed by atoms with van der Waals surface area (Å²) in [5, 5.41) is 6.15. The molecule has 0 spiro atoms. The van der Waals surface area contributed by atoms with E-state index in [4.69, 9.17) is 0 Å². The second-order valence-electron chi connectivity index (χ2n) is 4.69. The maximum absolute atomic E-state index is 4.66. The summed E-state index contributed by atoms with van der Waals surface area (Å²) in [6.07, 6.45) is 5.45. The normalized spacial score (nSPS) is 11.0. The van der Waals surface area contributed by atoms with Gasteiger partial charge >= 0.3 is 0 Å². The first-order chi connectivity index (χ1) is 11.2. The summed E-state index contributed by atoms with van der Waals surface area (Å²) >= 11 is 8.63. The van der Waals surface area contributed by atoms with Gasteiger partial charge in [-0.15, -0.1) is 11.3 Å². The van der Waals surface area contributed by atoms with Gasteiger partial charge in [-0.25, -0.2) is 15.0 Å². The second-order valence-corrected chi connectivity index (χ2v) is 7.26. The third kappa shape index (κ3) is 2.77. The highest BCUT2D eigenvalue weighted by atomic mass is 79.9. The number of anilines is 2. The Balaban J connectivity index is 1.70. The first-order valence-electron chi connectivity index (χ1n) is 6.67. The smallest absolute Gasteiger partial charge is 0.234 e. The Hall–Kier alpha value is -1.77. The van der Waals surface area contributed by atoms with Crippen molar-refractivity contribution >= 4 is 59.8 Å². The second kappa shape index (κ2) is 6.03. The monoisotopic (exact) mass is 449 g/mol. The third-order valence-electron chi connectivity index (χ3n) is 3.25. The zero-order chi connectivity index (χ0) is 15.8. The van der Waals surface area contributed by atoms with Gasteiger partial charge in [0, 0.05) is 26.7 Å².